The number of halogens is 1. The number of amides is 1. The van der Waals surface area contributed by atoms with Crippen molar-refractivity contribution in [2.45, 2.75) is 41.5 Å². The smallest absolute Gasteiger partial charge is 0.338 e. The van der Waals surface area contributed by atoms with Gasteiger partial charge in [-0.05, 0) is 49.3 Å². The molecule has 0 aliphatic rings. The van der Waals surface area contributed by atoms with Crippen molar-refractivity contribution in [2.24, 2.45) is 17.8 Å². The van der Waals surface area contributed by atoms with E-state index in [1.54, 1.807) is 19.1 Å². The maximum atomic E-state index is 12.8. The van der Waals surface area contributed by atoms with Crippen LogP contribution in [0.25, 0.3) is 0 Å². The Hall–Kier alpha value is -1.59. The summed E-state index contributed by atoms with van der Waals surface area (Å²) in [4.78, 5) is 26.9. The number of aliphatic hydroxyl groups excluding tert-OH is 1. The molecular formula is C21H32ClNO4. The van der Waals surface area contributed by atoms with Crippen molar-refractivity contribution in [1.29, 1.82) is 0 Å². The maximum Gasteiger partial charge on any atom is 0.338 e. The van der Waals surface area contributed by atoms with Gasteiger partial charge in [-0.2, -0.15) is 0 Å². The summed E-state index contributed by atoms with van der Waals surface area (Å²) in [5, 5.41) is 9.44. The van der Waals surface area contributed by atoms with Crippen LogP contribution in [0.1, 0.15) is 60.9 Å². The lowest BCUT2D eigenvalue weighted by atomic mass is 9.86. The van der Waals surface area contributed by atoms with E-state index in [9.17, 15) is 9.59 Å². The highest BCUT2D eigenvalue weighted by molar-refractivity contribution is 6.34. The minimum absolute atomic E-state index is 0.135. The first-order valence-corrected chi connectivity index (χ1v) is 9.89. The summed E-state index contributed by atoms with van der Waals surface area (Å²) in [6.07, 6.45) is 0. The molecule has 1 N–H and O–H groups in total. The molecule has 0 saturated carbocycles. The second-order valence-electron chi connectivity index (χ2n) is 7.45. The first kappa shape index (κ1) is 23.4. The van der Waals surface area contributed by atoms with Crippen LogP contribution in [-0.2, 0) is 4.74 Å². The van der Waals surface area contributed by atoms with Gasteiger partial charge in [-0.15, -0.1) is 0 Å². The zero-order valence-corrected chi connectivity index (χ0v) is 18.0. The van der Waals surface area contributed by atoms with E-state index in [0.29, 0.717) is 36.1 Å². The number of nitrogens with zero attached hydrogens (tertiary/aromatic N) is 1. The summed E-state index contributed by atoms with van der Waals surface area (Å²) in [6, 6.07) is 3.15. The fourth-order valence-corrected chi connectivity index (χ4v) is 3.53. The molecule has 0 aliphatic carbocycles. The van der Waals surface area contributed by atoms with Crippen LogP contribution in [0.5, 0.6) is 0 Å². The molecule has 0 aliphatic heterocycles. The lowest BCUT2D eigenvalue weighted by Gasteiger charge is -2.25. The average Bonchev–Trinajstić information content (AvgIpc) is 2.58. The van der Waals surface area contributed by atoms with Gasteiger partial charge < -0.3 is 14.7 Å². The van der Waals surface area contributed by atoms with Gasteiger partial charge in [0.25, 0.3) is 5.91 Å². The monoisotopic (exact) mass is 397 g/mol. The number of likely N-dealkylation sites (N-methyl/N-ethyl adjacent to an activating group) is 1. The lowest BCUT2D eigenvalue weighted by molar-refractivity contribution is 0.0353. The fourth-order valence-electron chi connectivity index (χ4n) is 3.25. The van der Waals surface area contributed by atoms with Gasteiger partial charge in [0.15, 0.2) is 0 Å². The van der Waals surface area contributed by atoms with Crippen LogP contribution >= 0.6 is 11.6 Å². The van der Waals surface area contributed by atoms with Crippen LogP contribution in [0, 0.1) is 24.7 Å². The van der Waals surface area contributed by atoms with Crippen molar-refractivity contribution in [3.05, 3.63) is 33.8 Å². The van der Waals surface area contributed by atoms with Crippen LogP contribution < -0.4 is 0 Å². The first-order chi connectivity index (χ1) is 12.6. The standard InChI is InChI=1S/C21H32ClNO4/c1-7-23(10-11-24)20(25)19-15(6)16(8-9-18(19)22)21(26)27-12-17(13(2)3)14(4)5/h8-9,13-14,17,24H,7,10-12H2,1-6H3. The zero-order chi connectivity index (χ0) is 20.7. The highest BCUT2D eigenvalue weighted by Crippen LogP contribution is 2.26. The summed E-state index contributed by atoms with van der Waals surface area (Å²) >= 11 is 6.25. The molecule has 0 unspecified atom stereocenters. The molecule has 1 amide bonds. The normalized spacial score (nSPS) is 11.4. The predicted molar refractivity (Wildman–Crippen MR) is 108 cm³/mol. The van der Waals surface area contributed by atoms with Gasteiger partial charge in [-0.3, -0.25) is 4.79 Å². The Balaban J connectivity index is 3.10. The quantitative estimate of drug-likeness (QED) is 0.634. The highest BCUT2D eigenvalue weighted by atomic mass is 35.5. The Labute approximate surface area is 167 Å². The minimum atomic E-state index is -0.449. The molecule has 0 bridgehead atoms. The number of esters is 1. The van der Waals surface area contributed by atoms with Crippen molar-refractivity contribution in [3.8, 4) is 0 Å². The Morgan fingerprint density at radius 1 is 1.19 bits per heavy atom. The molecule has 0 spiro atoms. The SMILES string of the molecule is CCN(CCO)C(=O)c1c(Cl)ccc(C(=O)OCC(C(C)C)C(C)C)c1C. The second-order valence-corrected chi connectivity index (χ2v) is 7.86. The molecule has 0 heterocycles. The topological polar surface area (TPSA) is 66.8 Å². The van der Waals surface area contributed by atoms with Crippen molar-refractivity contribution in [2.75, 3.05) is 26.3 Å². The van der Waals surface area contributed by atoms with Crippen LogP contribution in [0.2, 0.25) is 5.02 Å². The summed E-state index contributed by atoms with van der Waals surface area (Å²) < 4.78 is 5.56. The third kappa shape index (κ3) is 5.94. The number of benzene rings is 1. The highest BCUT2D eigenvalue weighted by Gasteiger charge is 2.25. The molecule has 1 rings (SSSR count). The van der Waals surface area contributed by atoms with E-state index in [4.69, 9.17) is 21.4 Å². The summed E-state index contributed by atoms with van der Waals surface area (Å²) in [5.74, 6) is 0.319. The second kappa shape index (κ2) is 10.7. The molecule has 0 radical (unpaired) electrons. The number of hydrogen-bond donors (Lipinski definition) is 1. The summed E-state index contributed by atoms with van der Waals surface area (Å²) in [5.41, 5.74) is 1.12. The summed E-state index contributed by atoms with van der Waals surface area (Å²) in [6.45, 7) is 12.8. The third-order valence-electron chi connectivity index (χ3n) is 5.01. The Kier molecular flexibility index (Phi) is 9.27. The maximum absolute atomic E-state index is 12.8. The van der Waals surface area contributed by atoms with Crippen LogP contribution in [-0.4, -0.2) is 48.2 Å². The molecule has 152 valence electrons. The number of hydrogen-bond acceptors (Lipinski definition) is 4. The number of ether oxygens (including phenoxy) is 1. The molecule has 0 saturated heterocycles. The Bertz CT molecular complexity index is 650. The van der Waals surface area contributed by atoms with Gasteiger partial charge >= 0.3 is 5.97 Å². The lowest BCUT2D eigenvalue weighted by Crippen LogP contribution is -2.34. The molecule has 0 fully saturated rings. The summed E-state index contributed by atoms with van der Waals surface area (Å²) in [7, 11) is 0. The predicted octanol–water partition coefficient (Wildman–Crippen LogP) is 4.19. The molecular weight excluding hydrogens is 366 g/mol. The van der Waals surface area contributed by atoms with Gasteiger partial charge in [0.2, 0.25) is 0 Å². The van der Waals surface area contributed by atoms with Crippen molar-refractivity contribution in [1.82, 2.24) is 4.90 Å². The largest absolute Gasteiger partial charge is 0.462 e. The van der Waals surface area contributed by atoms with E-state index in [0.717, 1.165) is 0 Å². The van der Waals surface area contributed by atoms with Gasteiger partial charge in [0, 0.05) is 13.1 Å². The van der Waals surface area contributed by atoms with Crippen molar-refractivity contribution < 1.29 is 19.4 Å². The molecule has 1 aromatic rings. The number of carbonyl (C=O) groups is 2. The van der Waals surface area contributed by atoms with E-state index < -0.39 is 5.97 Å². The van der Waals surface area contributed by atoms with Crippen molar-refractivity contribution in [3.63, 3.8) is 0 Å². The first-order valence-electron chi connectivity index (χ1n) is 9.51. The van der Waals surface area contributed by atoms with E-state index in [2.05, 4.69) is 27.7 Å². The number of carbonyl (C=O) groups excluding carboxylic acids is 2. The average molecular weight is 398 g/mol. The van der Waals surface area contributed by atoms with Gasteiger partial charge in [-0.1, -0.05) is 39.3 Å². The number of aliphatic hydroxyl groups is 1. The fraction of sp³-hybridized carbons (Fsp3) is 0.619. The van der Waals surface area contributed by atoms with Gasteiger partial charge in [-0.25, -0.2) is 4.79 Å². The third-order valence-corrected chi connectivity index (χ3v) is 5.32. The van der Waals surface area contributed by atoms with Crippen LogP contribution in [0.3, 0.4) is 0 Å². The van der Waals surface area contributed by atoms with E-state index >= 15 is 0 Å². The molecule has 1 aromatic carbocycles. The molecule has 0 aromatic heterocycles. The molecule has 5 nitrogen and oxygen atoms in total. The van der Waals surface area contributed by atoms with Gasteiger partial charge in [0.05, 0.1) is 29.4 Å². The Morgan fingerprint density at radius 2 is 1.78 bits per heavy atom. The minimum Gasteiger partial charge on any atom is -0.462 e. The molecule has 27 heavy (non-hydrogen) atoms. The van der Waals surface area contributed by atoms with Gasteiger partial charge in [0.1, 0.15) is 0 Å². The number of rotatable bonds is 9. The van der Waals surface area contributed by atoms with E-state index in [1.807, 2.05) is 6.92 Å². The van der Waals surface area contributed by atoms with Crippen LogP contribution in [0.4, 0.5) is 0 Å². The molecule has 0 atom stereocenters. The zero-order valence-electron chi connectivity index (χ0n) is 17.2. The van der Waals surface area contributed by atoms with Crippen molar-refractivity contribution >= 4 is 23.5 Å². The van der Waals surface area contributed by atoms with Crippen LogP contribution in [0.15, 0.2) is 12.1 Å². The molecule has 6 heteroatoms. The van der Waals surface area contributed by atoms with E-state index in [1.165, 1.54) is 4.90 Å². The van der Waals surface area contributed by atoms with E-state index in [-0.39, 0.29) is 35.6 Å². The Morgan fingerprint density at radius 3 is 2.26 bits per heavy atom.